The third-order valence-electron chi connectivity index (χ3n) is 3.66. The molecule has 0 saturated heterocycles. The molecule has 1 aliphatic rings. The van der Waals surface area contributed by atoms with Crippen molar-refractivity contribution in [3.8, 4) is 22.6 Å². The Labute approximate surface area is 116 Å². The van der Waals surface area contributed by atoms with E-state index in [-0.39, 0.29) is 0 Å². The van der Waals surface area contributed by atoms with Gasteiger partial charge in [0.1, 0.15) is 0 Å². The van der Waals surface area contributed by atoms with E-state index in [4.69, 9.17) is 9.47 Å². The van der Waals surface area contributed by atoms with Crippen LogP contribution in [-0.4, -0.2) is 11.8 Å². The summed E-state index contributed by atoms with van der Waals surface area (Å²) in [5.74, 6) is 1.60. The van der Waals surface area contributed by atoms with Crippen molar-refractivity contribution in [2.75, 3.05) is 6.79 Å². The van der Waals surface area contributed by atoms with Crippen LogP contribution in [0.1, 0.15) is 5.69 Å². The van der Waals surface area contributed by atoms with Crippen molar-refractivity contribution >= 4 is 10.8 Å². The number of fused-ring (bicyclic) bond motifs is 2. The maximum Gasteiger partial charge on any atom is 0.231 e. The first-order chi connectivity index (χ1) is 9.83. The predicted molar refractivity (Wildman–Crippen MR) is 78.0 cm³/mol. The van der Waals surface area contributed by atoms with Gasteiger partial charge >= 0.3 is 0 Å². The Morgan fingerprint density at radius 2 is 1.65 bits per heavy atom. The highest BCUT2D eigenvalue weighted by atomic mass is 16.7. The van der Waals surface area contributed by atoms with Crippen LogP contribution in [0.5, 0.6) is 11.5 Å². The molecule has 3 heteroatoms. The monoisotopic (exact) mass is 263 g/mol. The third kappa shape index (κ3) is 1.63. The molecule has 3 nitrogen and oxygen atoms in total. The third-order valence-corrected chi connectivity index (χ3v) is 3.66. The van der Waals surface area contributed by atoms with Gasteiger partial charge in [0.15, 0.2) is 11.5 Å². The maximum atomic E-state index is 5.49. The van der Waals surface area contributed by atoms with E-state index in [1.165, 1.54) is 0 Å². The minimum Gasteiger partial charge on any atom is -0.454 e. The van der Waals surface area contributed by atoms with Crippen molar-refractivity contribution in [1.29, 1.82) is 0 Å². The van der Waals surface area contributed by atoms with E-state index in [9.17, 15) is 0 Å². The summed E-state index contributed by atoms with van der Waals surface area (Å²) in [7, 11) is 0. The molecular formula is C17H13NO2. The standard InChI is InChI=1S/C17H13NO2/c1-11-13-7-16-17(20-10-19-16)8-14(13)15(9-18-11)12-5-3-2-4-6-12/h2-9H,10H2,1H3. The van der Waals surface area contributed by atoms with E-state index in [0.29, 0.717) is 6.79 Å². The highest BCUT2D eigenvalue weighted by molar-refractivity contribution is 5.99. The Hall–Kier alpha value is -2.55. The van der Waals surface area contributed by atoms with Gasteiger partial charge in [0, 0.05) is 22.8 Å². The van der Waals surface area contributed by atoms with Crippen LogP contribution >= 0.6 is 0 Å². The lowest BCUT2D eigenvalue weighted by molar-refractivity contribution is 0.174. The Morgan fingerprint density at radius 3 is 2.40 bits per heavy atom. The molecule has 0 saturated carbocycles. The number of nitrogens with zero attached hydrogens (tertiary/aromatic N) is 1. The molecule has 3 aromatic rings. The predicted octanol–water partition coefficient (Wildman–Crippen LogP) is 3.94. The van der Waals surface area contributed by atoms with Gasteiger partial charge in [0.25, 0.3) is 0 Å². The van der Waals surface area contributed by atoms with Crippen molar-refractivity contribution in [1.82, 2.24) is 4.98 Å². The van der Waals surface area contributed by atoms with E-state index in [2.05, 4.69) is 23.2 Å². The Morgan fingerprint density at radius 1 is 0.950 bits per heavy atom. The van der Waals surface area contributed by atoms with Crippen molar-refractivity contribution in [3.05, 3.63) is 54.4 Å². The Balaban J connectivity index is 2.05. The molecule has 0 atom stereocenters. The minimum atomic E-state index is 0.290. The number of aromatic nitrogens is 1. The highest BCUT2D eigenvalue weighted by Crippen LogP contribution is 2.40. The van der Waals surface area contributed by atoms with Crippen LogP contribution in [0.3, 0.4) is 0 Å². The lowest BCUT2D eigenvalue weighted by atomic mass is 9.99. The second kappa shape index (κ2) is 4.23. The summed E-state index contributed by atoms with van der Waals surface area (Å²) in [5, 5.41) is 2.25. The normalized spacial score (nSPS) is 12.8. The lowest BCUT2D eigenvalue weighted by Gasteiger charge is -2.09. The smallest absolute Gasteiger partial charge is 0.231 e. The zero-order chi connectivity index (χ0) is 13.5. The molecule has 1 aromatic heterocycles. The number of hydrogen-bond acceptors (Lipinski definition) is 3. The van der Waals surface area contributed by atoms with Crippen LogP contribution < -0.4 is 9.47 Å². The molecule has 0 unspecified atom stereocenters. The second-order valence-corrected chi connectivity index (χ2v) is 4.87. The van der Waals surface area contributed by atoms with Gasteiger partial charge in [-0.3, -0.25) is 4.98 Å². The summed E-state index contributed by atoms with van der Waals surface area (Å²) in [6, 6.07) is 14.3. The first-order valence-electron chi connectivity index (χ1n) is 6.57. The number of hydrogen-bond donors (Lipinski definition) is 0. The topological polar surface area (TPSA) is 31.4 Å². The van der Waals surface area contributed by atoms with Gasteiger partial charge < -0.3 is 9.47 Å². The summed E-state index contributed by atoms with van der Waals surface area (Å²) < 4.78 is 11.0. The van der Waals surface area contributed by atoms with Crippen LogP contribution in [0.4, 0.5) is 0 Å². The van der Waals surface area contributed by atoms with E-state index in [0.717, 1.165) is 39.1 Å². The number of pyridine rings is 1. The lowest BCUT2D eigenvalue weighted by Crippen LogP contribution is -1.92. The number of benzene rings is 2. The van der Waals surface area contributed by atoms with E-state index in [1.54, 1.807) is 0 Å². The first-order valence-corrected chi connectivity index (χ1v) is 6.57. The van der Waals surface area contributed by atoms with Gasteiger partial charge in [-0.2, -0.15) is 0 Å². The summed E-state index contributed by atoms with van der Waals surface area (Å²) in [4.78, 5) is 4.51. The molecule has 1 aliphatic heterocycles. The molecular weight excluding hydrogens is 250 g/mol. The van der Waals surface area contributed by atoms with Crippen molar-refractivity contribution in [2.24, 2.45) is 0 Å². The summed E-state index contributed by atoms with van der Waals surface area (Å²) >= 11 is 0. The van der Waals surface area contributed by atoms with Gasteiger partial charge in [-0.15, -0.1) is 0 Å². The van der Waals surface area contributed by atoms with Crippen LogP contribution in [-0.2, 0) is 0 Å². The van der Waals surface area contributed by atoms with E-state index >= 15 is 0 Å². The molecule has 0 aliphatic carbocycles. The molecule has 20 heavy (non-hydrogen) atoms. The van der Waals surface area contributed by atoms with Crippen LogP contribution in [0.15, 0.2) is 48.7 Å². The molecule has 0 fully saturated rings. The second-order valence-electron chi connectivity index (χ2n) is 4.87. The molecule has 0 radical (unpaired) electrons. The zero-order valence-corrected chi connectivity index (χ0v) is 11.1. The Bertz CT molecular complexity index is 797. The molecule has 98 valence electrons. The van der Waals surface area contributed by atoms with Crippen LogP contribution in [0, 0.1) is 6.92 Å². The van der Waals surface area contributed by atoms with Gasteiger partial charge in [-0.1, -0.05) is 30.3 Å². The van der Waals surface area contributed by atoms with E-state index in [1.807, 2.05) is 37.4 Å². The highest BCUT2D eigenvalue weighted by Gasteiger charge is 2.17. The minimum absolute atomic E-state index is 0.290. The summed E-state index contributed by atoms with van der Waals surface area (Å²) in [5.41, 5.74) is 3.27. The fraction of sp³-hybridized carbons (Fsp3) is 0.118. The van der Waals surface area contributed by atoms with Crippen molar-refractivity contribution in [3.63, 3.8) is 0 Å². The molecule has 2 heterocycles. The molecule has 0 bridgehead atoms. The van der Waals surface area contributed by atoms with Crippen molar-refractivity contribution in [2.45, 2.75) is 6.92 Å². The van der Waals surface area contributed by atoms with E-state index < -0.39 is 0 Å². The molecule has 2 aromatic carbocycles. The number of rotatable bonds is 1. The Kier molecular flexibility index (Phi) is 2.39. The van der Waals surface area contributed by atoms with Gasteiger partial charge in [0.05, 0.1) is 0 Å². The fourth-order valence-electron chi connectivity index (χ4n) is 2.61. The van der Waals surface area contributed by atoms with Gasteiger partial charge in [-0.05, 0) is 30.0 Å². The first kappa shape index (κ1) is 11.3. The van der Waals surface area contributed by atoms with Gasteiger partial charge in [0.2, 0.25) is 6.79 Å². The number of aryl methyl sites for hydroxylation is 1. The maximum absolute atomic E-state index is 5.49. The summed E-state index contributed by atoms with van der Waals surface area (Å²) in [6.07, 6.45) is 1.93. The zero-order valence-electron chi connectivity index (χ0n) is 11.1. The quantitative estimate of drug-likeness (QED) is 0.666. The fourth-order valence-corrected chi connectivity index (χ4v) is 2.61. The van der Waals surface area contributed by atoms with Crippen molar-refractivity contribution < 1.29 is 9.47 Å². The molecule has 0 spiro atoms. The largest absolute Gasteiger partial charge is 0.454 e. The summed E-state index contributed by atoms with van der Waals surface area (Å²) in [6.45, 7) is 2.30. The number of ether oxygens (including phenoxy) is 2. The van der Waals surface area contributed by atoms with Gasteiger partial charge in [-0.25, -0.2) is 0 Å². The molecule has 0 amide bonds. The molecule has 0 N–H and O–H groups in total. The SMILES string of the molecule is Cc1ncc(-c2ccccc2)c2cc3c(cc12)OCO3. The van der Waals surface area contributed by atoms with Crippen LogP contribution in [0.25, 0.3) is 21.9 Å². The van der Waals surface area contributed by atoms with Crippen LogP contribution in [0.2, 0.25) is 0 Å². The average molecular weight is 263 g/mol. The molecule has 4 rings (SSSR count). The average Bonchev–Trinajstić information content (AvgIpc) is 2.94.